The van der Waals surface area contributed by atoms with Crippen LogP contribution in [0, 0.1) is 0 Å². The molecule has 4 rings (SSSR count). The van der Waals surface area contributed by atoms with Gasteiger partial charge in [-0.15, -0.1) is 0 Å². The van der Waals surface area contributed by atoms with E-state index in [4.69, 9.17) is 0 Å². The number of halogens is 3. The number of carboxylic acid groups (broad SMARTS) is 1. The van der Waals surface area contributed by atoms with Crippen molar-refractivity contribution >= 4 is 11.9 Å². The van der Waals surface area contributed by atoms with Gasteiger partial charge in [-0.1, -0.05) is 66.7 Å². The fraction of sp³-hybridized carbons (Fsp3) is 0.107. The van der Waals surface area contributed by atoms with E-state index in [2.05, 4.69) is 10.3 Å². The molecule has 0 aliphatic rings. The average molecular weight is 490 g/mol. The van der Waals surface area contributed by atoms with Crippen molar-refractivity contribution in [3.63, 3.8) is 0 Å². The normalized spacial score (nSPS) is 12.1. The number of alkyl halides is 3. The molecule has 36 heavy (non-hydrogen) atoms. The number of amides is 1. The maximum Gasteiger partial charge on any atom is 0.417 e. The third-order valence-corrected chi connectivity index (χ3v) is 5.64. The lowest BCUT2D eigenvalue weighted by Crippen LogP contribution is -2.42. The van der Waals surface area contributed by atoms with Crippen LogP contribution < -0.4 is 5.32 Å². The van der Waals surface area contributed by atoms with E-state index in [1.165, 1.54) is 18.2 Å². The van der Waals surface area contributed by atoms with Crippen molar-refractivity contribution in [3.05, 3.63) is 114 Å². The van der Waals surface area contributed by atoms with E-state index >= 15 is 0 Å². The van der Waals surface area contributed by atoms with E-state index in [-0.39, 0.29) is 12.0 Å². The molecule has 0 fully saturated rings. The molecule has 1 heterocycles. The maximum absolute atomic E-state index is 12.7. The number of hydrogen-bond acceptors (Lipinski definition) is 3. The van der Waals surface area contributed by atoms with Gasteiger partial charge in [-0.25, -0.2) is 4.79 Å². The lowest BCUT2D eigenvalue weighted by molar-refractivity contribution is -0.139. The molecule has 1 amide bonds. The number of carbonyl (C=O) groups is 2. The SMILES string of the molecule is O=C(N[C@@H](Cc1ccc(-c2ccccc2)cc1)C(=O)O)c1ccc(-c2ccc(C(F)(F)F)cn2)cc1. The summed E-state index contributed by atoms with van der Waals surface area (Å²) in [6.07, 6.45) is -3.62. The minimum atomic E-state index is -4.47. The Hall–Kier alpha value is -4.46. The quantitative estimate of drug-likeness (QED) is 0.340. The Morgan fingerprint density at radius 2 is 1.42 bits per heavy atom. The molecule has 2 N–H and O–H groups in total. The highest BCUT2D eigenvalue weighted by Gasteiger charge is 2.30. The van der Waals surface area contributed by atoms with E-state index in [1.54, 1.807) is 12.1 Å². The number of aromatic nitrogens is 1. The Balaban J connectivity index is 1.42. The van der Waals surface area contributed by atoms with E-state index < -0.39 is 29.7 Å². The van der Waals surface area contributed by atoms with Crippen LogP contribution in [0.1, 0.15) is 21.5 Å². The summed E-state index contributed by atoms with van der Waals surface area (Å²) in [6, 6.07) is 24.3. The van der Waals surface area contributed by atoms with Crippen LogP contribution in [-0.2, 0) is 17.4 Å². The summed E-state index contributed by atoms with van der Waals surface area (Å²) in [5, 5.41) is 12.2. The Morgan fingerprint density at radius 3 is 1.97 bits per heavy atom. The van der Waals surface area contributed by atoms with Gasteiger partial charge in [0.1, 0.15) is 6.04 Å². The van der Waals surface area contributed by atoms with Crippen LogP contribution in [0.4, 0.5) is 13.2 Å². The van der Waals surface area contributed by atoms with Crippen molar-refractivity contribution in [3.8, 4) is 22.4 Å². The van der Waals surface area contributed by atoms with E-state index in [0.29, 0.717) is 11.3 Å². The predicted octanol–water partition coefficient (Wildman–Crippen LogP) is 5.86. The van der Waals surface area contributed by atoms with Crippen molar-refractivity contribution in [2.24, 2.45) is 0 Å². The standard InChI is InChI=1S/C28H21F3N2O3/c29-28(30,31)23-14-15-24(32-17-23)21-10-12-22(13-11-21)26(34)33-25(27(35)36)16-18-6-8-20(9-7-18)19-4-2-1-3-5-19/h1-15,17,25H,16H2,(H,33,34)(H,35,36)/t25-/m0/s1. The summed E-state index contributed by atoms with van der Waals surface area (Å²) in [5.74, 6) is -1.74. The van der Waals surface area contributed by atoms with E-state index in [0.717, 1.165) is 29.0 Å². The number of nitrogens with zero attached hydrogens (tertiary/aromatic N) is 1. The van der Waals surface area contributed by atoms with Gasteiger partial charge in [0.15, 0.2) is 0 Å². The number of hydrogen-bond donors (Lipinski definition) is 2. The first-order chi connectivity index (χ1) is 17.2. The van der Waals surface area contributed by atoms with Crippen molar-refractivity contribution in [2.45, 2.75) is 18.6 Å². The smallest absolute Gasteiger partial charge is 0.417 e. The number of benzene rings is 3. The topological polar surface area (TPSA) is 79.3 Å². The van der Waals surface area contributed by atoms with Gasteiger partial charge in [0, 0.05) is 23.7 Å². The first kappa shape index (κ1) is 24.7. The molecule has 0 bridgehead atoms. The summed E-state index contributed by atoms with van der Waals surface area (Å²) in [5.41, 5.74) is 3.00. The van der Waals surface area contributed by atoms with Crippen molar-refractivity contribution in [1.29, 1.82) is 0 Å². The molecule has 1 atom stereocenters. The highest BCUT2D eigenvalue weighted by molar-refractivity contribution is 5.97. The first-order valence-corrected chi connectivity index (χ1v) is 11.0. The number of aliphatic carboxylic acids is 1. The summed E-state index contributed by atoms with van der Waals surface area (Å²) >= 11 is 0. The second-order valence-corrected chi connectivity index (χ2v) is 8.14. The maximum atomic E-state index is 12.7. The molecular weight excluding hydrogens is 469 g/mol. The molecule has 0 saturated carbocycles. The van der Waals surface area contributed by atoms with Crippen LogP contribution in [-0.4, -0.2) is 28.0 Å². The zero-order valence-corrected chi connectivity index (χ0v) is 18.9. The van der Waals surface area contributed by atoms with Gasteiger partial charge < -0.3 is 10.4 Å². The van der Waals surface area contributed by atoms with Crippen LogP contribution in [0.2, 0.25) is 0 Å². The minimum absolute atomic E-state index is 0.101. The summed E-state index contributed by atoms with van der Waals surface area (Å²) < 4.78 is 38.2. The number of carbonyl (C=O) groups excluding carboxylic acids is 1. The zero-order chi connectivity index (χ0) is 25.7. The average Bonchev–Trinajstić information content (AvgIpc) is 2.89. The first-order valence-electron chi connectivity index (χ1n) is 11.0. The fourth-order valence-corrected chi connectivity index (χ4v) is 3.67. The molecule has 0 saturated heterocycles. The fourth-order valence-electron chi connectivity index (χ4n) is 3.67. The van der Waals surface area contributed by atoms with Crippen LogP contribution in [0.15, 0.2) is 97.2 Å². The molecule has 0 aliphatic heterocycles. The molecule has 1 aromatic heterocycles. The van der Waals surface area contributed by atoms with Gasteiger partial charge in [-0.05, 0) is 41.0 Å². The Labute approximate surface area is 205 Å². The third-order valence-electron chi connectivity index (χ3n) is 5.64. The van der Waals surface area contributed by atoms with Crippen LogP contribution in [0.25, 0.3) is 22.4 Å². The molecule has 4 aromatic rings. The molecular formula is C28H21F3N2O3. The van der Waals surface area contributed by atoms with Gasteiger partial charge in [0.05, 0.1) is 11.3 Å². The van der Waals surface area contributed by atoms with Gasteiger partial charge >= 0.3 is 12.1 Å². The monoisotopic (exact) mass is 490 g/mol. The minimum Gasteiger partial charge on any atom is -0.480 e. The second-order valence-electron chi connectivity index (χ2n) is 8.14. The van der Waals surface area contributed by atoms with Crippen LogP contribution >= 0.6 is 0 Å². The van der Waals surface area contributed by atoms with Crippen LogP contribution in [0.3, 0.4) is 0 Å². The molecule has 5 nitrogen and oxygen atoms in total. The lowest BCUT2D eigenvalue weighted by atomic mass is 10.0. The molecule has 0 radical (unpaired) electrons. The zero-order valence-electron chi connectivity index (χ0n) is 18.9. The predicted molar refractivity (Wildman–Crippen MR) is 129 cm³/mol. The molecule has 0 spiro atoms. The Bertz CT molecular complexity index is 1340. The molecule has 3 aromatic carbocycles. The second kappa shape index (κ2) is 10.4. The molecule has 182 valence electrons. The Morgan fingerprint density at radius 1 is 0.806 bits per heavy atom. The van der Waals surface area contributed by atoms with Gasteiger partial charge in [0.25, 0.3) is 5.91 Å². The number of carboxylic acids is 1. The van der Waals surface area contributed by atoms with Crippen molar-refractivity contribution in [1.82, 2.24) is 10.3 Å². The Kier molecular flexibility index (Phi) is 7.15. The number of pyridine rings is 1. The molecule has 0 aliphatic carbocycles. The summed E-state index contributed by atoms with van der Waals surface area (Å²) in [6.45, 7) is 0. The van der Waals surface area contributed by atoms with Crippen LogP contribution in [0.5, 0.6) is 0 Å². The largest absolute Gasteiger partial charge is 0.480 e. The molecule has 8 heteroatoms. The van der Waals surface area contributed by atoms with Gasteiger partial charge in [-0.2, -0.15) is 13.2 Å². The van der Waals surface area contributed by atoms with E-state index in [9.17, 15) is 27.9 Å². The van der Waals surface area contributed by atoms with E-state index in [1.807, 2.05) is 54.6 Å². The highest BCUT2D eigenvalue weighted by atomic mass is 19.4. The van der Waals surface area contributed by atoms with Crippen molar-refractivity contribution in [2.75, 3.05) is 0 Å². The van der Waals surface area contributed by atoms with Gasteiger partial charge in [0.2, 0.25) is 0 Å². The number of nitrogens with one attached hydrogen (secondary N) is 1. The lowest BCUT2D eigenvalue weighted by Gasteiger charge is -2.15. The highest BCUT2D eigenvalue weighted by Crippen LogP contribution is 2.29. The van der Waals surface area contributed by atoms with Gasteiger partial charge in [-0.3, -0.25) is 9.78 Å². The summed E-state index contributed by atoms with van der Waals surface area (Å²) in [7, 11) is 0. The summed E-state index contributed by atoms with van der Waals surface area (Å²) in [4.78, 5) is 28.3. The number of rotatable bonds is 7. The third kappa shape index (κ3) is 5.96. The van der Waals surface area contributed by atoms with Crippen molar-refractivity contribution < 1.29 is 27.9 Å². The molecule has 0 unspecified atom stereocenters.